The van der Waals surface area contributed by atoms with E-state index in [-0.39, 0.29) is 31.0 Å². The van der Waals surface area contributed by atoms with Gasteiger partial charge in [0.15, 0.2) is 0 Å². The molecule has 0 spiro atoms. The second-order valence-electron chi connectivity index (χ2n) is 10.4. The van der Waals surface area contributed by atoms with Crippen LogP contribution in [-0.4, -0.2) is 41.6 Å². The van der Waals surface area contributed by atoms with Crippen molar-refractivity contribution in [2.45, 2.75) is 90.9 Å². The van der Waals surface area contributed by atoms with Crippen molar-refractivity contribution in [1.82, 2.24) is 10.6 Å². The topological polar surface area (TPSA) is 114 Å². The third-order valence-corrected chi connectivity index (χ3v) is 6.26. The molecule has 0 aromatic heterocycles. The van der Waals surface area contributed by atoms with Gasteiger partial charge < -0.3 is 25.2 Å². The standard InChI is InChI=1S/C31H44N2O6/c1-5-7-14-29(36)38-21-25-19-24(16-17-27(25)39-30(37)15-8-6-2)26(34)20-33-31(3,4)22-32-28(35)18-23-12-10-9-11-13-23/h9-13,16-17,19,26,33-34H,5-8,14-15,18,20-22H2,1-4H3,(H,32,35). The number of carbonyl (C=O) groups excluding carboxylic acids is 3. The van der Waals surface area contributed by atoms with Gasteiger partial charge in [-0.2, -0.15) is 0 Å². The Kier molecular flexibility index (Phi) is 13.7. The number of amides is 1. The number of nitrogens with one attached hydrogen (secondary N) is 2. The molecule has 0 radical (unpaired) electrons. The molecule has 2 rings (SSSR count). The molecule has 1 unspecified atom stereocenters. The summed E-state index contributed by atoms with van der Waals surface area (Å²) in [7, 11) is 0. The van der Waals surface area contributed by atoms with E-state index in [4.69, 9.17) is 9.47 Å². The van der Waals surface area contributed by atoms with Crippen molar-refractivity contribution in [3.05, 3.63) is 65.2 Å². The lowest BCUT2D eigenvalue weighted by molar-refractivity contribution is -0.145. The van der Waals surface area contributed by atoms with Crippen LogP contribution in [0.15, 0.2) is 48.5 Å². The maximum absolute atomic E-state index is 12.3. The Morgan fingerprint density at radius 1 is 0.949 bits per heavy atom. The summed E-state index contributed by atoms with van der Waals surface area (Å²) in [6.45, 7) is 8.46. The van der Waals surface area contributed by atoms with Crippen LogP contribution in [0.3, 0.4) is 0 Å². The van der Waals surface area contributed by atoms with E-state index < -0.39 is 11.6 Å². The number of hydrogen-bond acceptors (Lipinski definition) is 7. The molecule has 8 nitrogen and oxygen atoms in total. The summed E-state index contributed by atoms with van der Waals surface area (Å²) in [4.78, 5) is 36.6. The van der Waals surface area contributed by atoms with E-state index in [0.29, 0.717) is 42.7 Å². The minimum absolute atomic E-state index is 0.0497. The van der Waals surface area contributed by atoms with Gasteiger partial charge in [-0.1, -0.05) is 63.1 Å². The maximum Gasteiger partial charge on any atom is 0.311 e. The molecule has 2 aromatic carbocycles. The van der Waals surface area contributed by atoms with Gasteiger partial charge in [0, 0.05) is 37.0 Å². The van der Waals surface area contributed by atoms with Crippen LogP contribution in [0, 0.1) is 0 Å². The van der Waals surface area contributed by atoms with Gasteiger partial charge in [0.1, 0.15) is 12.4 Å². The van der Waals surface area contributed by atoms with Gasteiger partial charge in [0.2, 0.25) is 5.91 Å². The minimum atomic E-state index is -0.872. The van der Waals surface area contributed by atoms with Gasteiger partial charge in [-0.3, -0.25) is 14.4 Å². The van der Waals surface area contributed by atoms with Crippen LogP contribution in [0.2, 0.25) is 0 Å². The number of unbranched alkanes of at least 4 members (excludes halogenated alkanes) is 2. The van der Waals surface area contributed by atoms with Gasteiger partial charge in [0.25, 0.3) is 0 Å². The Bertz CT molecular complexity index is 1050. The molecule has 214 valence electrons. The van der Waals surface area contributed by atoms with Crippen molar-refractivity contribution in [1.29, 1.82) is 0 Å². The number of aliphatic hydroxyl groups excluding tert-OH is 1. The van der Waals surface area contributed by atoms with E-state index in [1.807, 2.05) is 58.0 Å². The van der Waals surface area contributed by atoms with Crippen molar-refractivity contribution in [2.24, 2.45) is 0 Å². The lowest BCUT2D eigenvalue weighted by Gasteiger charge is -2.28. The largest absolute Gasteiger partial charge is 0.461 e. The first-order chi connectivity index (χ1) is 18.6. The van der Waals surface area contributed by atoms with Crippen molar-refractivity contribution in [3.63, 3.8) is 0 Å². The summed E-state index contributed by atoms with van der Waals surface area (Å²) in [5.74, 6) is -0.409. The highest BCUT2D eigenvalue weighted by Gasteiger charge is 2.21. The van der Waals surface area contributed by atoms with Gasteiger partial charge in [0.05, 0.1) is 12.5 Å². The Labute approximate surface area is 232 Å². The normalized spacial score (nSPS) is 12.0. The molecule has 0 aliphatic rings. The number of benzene rings is 2. The first-order valence-corrected chi connectivity index (χ1v) is 13.9. The molecule has 0 saturated carbocycles. The number of carbonyl (C=O) groups is 3. The average molecular weight is 541 g/mol. The second kappa shape index (κ2) is 16.7. The minimum Gasteiger partial charge on any atom is -0.461 e. The van der Waals surface area contributed by atoms with Gasteiger partial charge in [-0.05, 0) is 49.9 Å². The second-order valence-corrected chi connectivity index (χ2v) is 10.4. The van der Waals surface area contributed by atoms with Crippen LogP contribution >= 0.6 is 0 Å². The molecule has 0 aliphatic heterocycles. The summed E-state index contributed by atoms with van der Waals surface area (Å²) >= 11 is 0. The zero-order valence-corrected chi connectivity index (χ0v) is 23.8. The van der Waals surface area contributed by atoms with E-state index in [9.17, 15) is 19.5 Å². The van der Waals surface area contributed by atoms with E-state index in [0.717, 1.165) is 31.2 Å². The highest BCUT2D eigenvalue weighted by molar-refractivity contribution is 5.78. The first-order valence-electron chi connectivity index (χ1n) is 13.9. The molecular weight excluding hydrogens is 496 g/mol. The third kappa shape index (κ3) is 12.4. The predicted octanol–water partition coefficient (Wildman–Crippen LogP) is 4.78. The number of rotatable bonds is 17. The fourth-order valence-corrected chi connectivity index (χ4v) is 3.78. The molecule has 1 amide bonds. The van der Waals surface area contributed by atoms with Crippen LogP contribution in [-0.2, 0) is 32.1 Å². The summed E-state index contributed by atoms with van der Waals surface area (Å²) in [6.07, 6.45) is 3.29. The molecule has 8 heteroatoms. The summed E-state index contributed by atoms with van der Waals surface area (Å²) in [6, 6.07) is 14.6. The molecule has 0 heterocycles. The lowest BCUT2D eigenvalue weighted by atomic mass is 10.0. The van der Waals surface area contributed by atoms with Crippen molar-refractivity contribution in [3.8, 4) is 5.75 Å². The van der Waals surface area contributed by atoms with Crippen LogP contribution in [0.5, 0.6) is 5.75 Å². The molecule has 0 saturated heterocycles. The predicted molar refractivity (Wildman–Crippen MR) is 151 cm³/mol. The zero-order chi connectivity index (χ0) is 28.7. The number of aliphatic hydroxyl groups is 1. The summed E-state index contributed by atoms with van der Waals surface area (Å²) in [5, 5.41) is 17.1. The molecular formula is C31H44N2O6. The number of hydrogen-bond donors (Lipinski definition) is 3. The average Bonchev–Trinajstić information content (AvgIpc) is 2.92. The Morgan fingerprint density at radius 2 is 1.62 bits per heavy atom. The fourth-order valence-electron chi connectivity index (χ4n) is 3.78. The molecule has 0 bridgehead atoms. The van der Waals surface area contributed by atoms with Gasteiger partial charge in [-0.15, -0.1) is 0 Å². The monoisotopic (exact) mass is 540 g/mol. The number of esters is 2. The lowest BCUT2D eigenvalue weighted by Crippen LogP contribution is -2.50. The molecule has 0 aliphatic carbocycles. The van der Waals surface area contributed by atoms with Crippen LogP contribution in [0.1, 0.15) is 89.0 Å². The summed E-state index contributed by atoms with van der Waals surface area (Å²) < 4.78 is 11.0. The molecule has 3 N–H and O–H groups in total. The van der Waals surface area contributed by atoms with Crippen LogP contribution < -0.4 is 15.4 Å². The SMILES string of the molecule is CCCCC(=O)OCc1cc(C(O)CNC(C)(C)CNC(=O)Cc2ccccc2)ccc1OC(=O)CCCC. The number of β-amino-alcohol motifs (C(OH)–C–C–N with tert-alkyl or cyclic N) is 1. The molecule has 0 fully saturated rings. The van der Waals surface area contributed by atoms with Crippen LogP contribution in [0.4, 0.5) is 0 Å². The Morgan fingerprint density at radius 3 is 2.28 bits per heavy atom. The maximum atomic E-state index is 12.3. The van der Waals surface area contributed by atoms with Gasteiger partial charge in [-0.25, -0.2) is 0 Å². The molecule has 2 aromatic rings. The first kappa shape index (κ1) is 32.0. The van der Waals surface area contributed by atoms with E-state index in [2.05, 4.69) is 10.6 Å². The highest BCUT2D eigenvalue weighted by Crippen LogP contribution is 2.26. The Hall–Kier alpha value is -3.23. The van der Waals surface area contributed by atoms with Gasteiger partial charge >= 0.3 is 11.9 Å². The number of ether oxygens (including phenoxy) is 2. The van der Waals surface area contributed by atoms with Crippen molar-refractivity contribution in [2.75, 3.05) is 13.1 Å². The van der Waals surface area contributed by atoms with E-state index in [1.165, 1.54) is 0 Å². The smallest absolute Gasteiger partial charge is 0.311 e. The van der Waals surface area contributed by atoms with Crippen molar-refractivity contribution < 1.29 is 29.0 Å². The zero-order valence-electron chi connectivity index (χ0n) is 23.8. The Balaban J connectivity index is 1.99. The summed E-state index contributed by atoms with van der Waals surface area (Å²) in [5.41, 5.74) is 1.59. The molecule has 1 atom stereocenters. The third-order valence-electron chi connectivity index (χ3n) is 6.26. The van der Waals surface area contributed by atoms with Crippen LogP contribution in [0.25, 0.3) is 0 Å². The quantitative estimate of drug-likeness (QED) is 0.196. The van der Waals surface area contributed by atoms with E-state index in [1.54, 1.807) is 18.2 Å². The molecule has 39 heavy (non-hydrogen) atoms. The highest BCUT2D eigenvalue weighted by atomic mass is 16.5. The fraction of sp³-hybridized carbons (Fsp3) is 0.516. The van der Waals surface area contributed by atoms with Crippen molar-refractivity contribution >= 4 is 17.8 Å². The van der Waals surface area contributed by atoms with E-state index >= 15 is 0 Å².